The topological polar surface area (TPSA) is 46.9 Å². The molecule has 1 rings (SSSR count). The highest BCUT2D eigenvalue weighted by molar-refractivity contribution is 5.78. The van der Waals surface area contributed by atoms with Crippen molar-refractivity contribution < 1.29 is 4.79 Å². The van der Waals surface area contributed by atoms with Gasteiger partial charge in [0.2, 0.25) is 5.91 Å². The van der Waals surface area contributed by atoms with Gasteiger partial charge in [-0.1, -0.05) is 13.8 Å². The molecule has 0 unspecified atom stereocenters. The van der Waals surface area contributed by atoms with Gasteiger partial charge in [-0.2, -0.15) is 0 Å². The Morgan fingerprint density at radius 3 is 2.71 bits per heavy atom. The van der Waals surface area contributed by atoms with Gasteiger partial charge in [0.05, 0.1) is 6.33 Å². The summed E-state index contributed by atoms with van der Waals surface area (Å²) >= 11 is 0. The number of carbonyl (C=O) groups excluding carboxylic acids is 1. The first-order chi connectivity index (χ1) is 8.27. The number of hydrogen-bond acceptors (Lipinski definition) is 2. The molecule has 4 nitrogen and oxygen atoms in total. The smallest absolute Gasteiger partial charge is 0.223 e. The molecule has 1 N–H and O–H groups in total. The lowest BCUT2D eigenvalue weighted by atomic mass is 10.0. The minimum absolute atomic E-state index is 0.184. The van der Waals surface area contributed by atoms with E-state index in [2.05, 4.69) is 28.7 Å². The van der Waals surface area contributed by atoms with Crippen LogP contribution in [0.3, 0.4) is 0 Å². The third kappa shape index (κ3) is 5.02. The van der Waals surface area contributed by atoms with Crippen molar-refractivity contribution in [2.75, 3.05) is 6.54 Å². The van der Waals surface area contributed by atoms with Crippen LogP contribution >= 0.6 is 0 Å². The highest BCUT2D eigenvalue weighted by Gasteiger charge is 2.12. The van der Waals surface area contributed by atoms with E-state index in [1.165, 1.54) is 0 Å². The molecular formula is C13H23N3O. The van der Waals surface area contributed by atoms with Gasteiger partial charge in [0.15, 0.2) is 0 Å². The average Bonchev–Trinajstić information content (AvgIpc) is 2.83. The van der Waals surface area contributed by atoms with Crippen LogP contribution in [0.1, 0.15) is 39.5 Å². The first-order valence-electron chi connectivity index (χ1n) is 6.51. The summed E-state index contributed by atoms with van der Waals surface area (Å²) < 4.78 is 2.06. The molecule has 1 aromatic heterocycles. The van der Waals surface area contributed by atoms with Crippen LogP contribution in [0.4, 0.5) is 0 Å². The SMILES string of the molecule is CCC(CC)C(=O)NCCCCn1ccnc1. The van der Waals surface area contributed by atoms with E-state index in [1.54, 1.807) is 6.20 Å². The molecule has 0 aliphatic carbocycles. The van der Waals surface area contributed by atoms with E-state index in [0.29, 0.717) is 0 Å². The third-order valence-electron chi connectivity index (χ3n) is 3.06. The number of aryl methyl sites for hydroxylation is 1. The lowest BCUT2D eigenvalue weighted by Crippen LogP contribution is -2.30. The second-order valence-corrected chi connectivity index (χ2v) is 4.31. The molecule has 1 amide bonds. The molecule has 0 spiro atoms. The second kappa shape index (κ2) is 7.87. The van der Waals surface area contributed by atoms with Crippen LogP contribution in [0.25, 0.3) is 0 Å². The van der Waals surface area contributed by atoms with Crippen molar-refractivity contribution in [2.24, 2.45) is 5.92 Å². The molecule has 0 aliphatic rings. The predicted molar refractivity (Wildman–Crippen MR) is 68.5 cm³/mol. The standard InChI is InChI=1S/C13H23N3O/c1-3-12(4-2)13(17)15-7-5-6-9-16-10-8-14-11-16/h8,10-12H,3-7,9H2,1-2H3,(H,15,17). The molecule has 0 aliphatic heterocycles. The molecule has 0 saturated carbocycles. The third-order valence-corrected chi connectivity index (χ3v) is 3.06. The van der Waals surface area contributed by atoms with Gasteiger partial charge in [-0.3, -0.25) is 4.79 Å². The van der Waals surface area contributed by atoms with Crippen LogP contribution in [-0.2, 0) is 11.3 Å². The van der Waals surface area contributed by atoms with Crippen LogP contribution in [0.5, 0.6) is 0 Å². The van der Waals surface area contributed by atoms with Gasteiger partial charge in [-0.05, 0) is 25.7 Å². The summed E-state index contributed by atoms with van der Waals surface area (Å²) in [7, 11) is 0. The molecule has 0 fully saturated rings. The molecule has 96 valence electrons. The number of aromatic nitrogens is 2. The van der Waals surface area contributed by atoms with Gasteiger partial charge < -0.3 is 9.88 Å². The first-order valence-corrected chi connectivity index (χ1v) is 6.51. The van der Waals surface area contributed by atoms with Crippen LogP contribution in [0.15, 0.2) is 18.7 Å². The fourth-order valence-corrected chi connectivity index (χ4v) is 1.85. The van der Waals surface area contributed by atoms with Gasteiger partial charge >= 0.3 is 0 Å². The van der Waals surface area contributed by atoms with Gasteiger partial charge in [0, 0.05) is 31.4 Å². The molecule has 1 heterocycles. The van der Waals surface area contributed by atoms with E-state index in [-0.39, 0.29) is 11.8 Å². The number of amides is 1. The summed E-state index contributed by atoms with van der Waals surface area (Å²) in [5.74, 6) is 0.390. The highest BCUT2D eigenvalue weighted by Crippen LogP contribution is 2.06. The van der Waals surface area contributed by atoms with E-state index in [1.807, 2.05) is 12.5 Å². The zero-order valence-corrected chi connectivity index (χ0v) is 10.9. The second-order valence-electron chi connectivity index (χ2n) is 4.31. The van der Waals surface area contributed by atoms with Crippen LogP contribution in [-0.4, -0.2) is 22.0 Å². The fraction of sp³-hybridized carbons (Fsp3) is 0.692. The van der Waals surface area contributed by atoms with E-state index >= 15 is 0 Å². The van der Waals surface area contributed by atoms with Crippen LogP contribution in [0.2, 0.25) is 0 Å². The number of nitrogens with zero attached hydrogens (tertiary/aromatic N) is 2. The molecule has 0 saturated heterocycles. The quantitative estimate of drug-likeness (QED) is 0.705. The van der Waals surface area contributed by atoms with Gasteiger partial charge in [-0.15, -0.1) is 0 Å². The minimum Gasteiger partial charge on any atom is -0.356 e. The number of hydrogen-bond donors (Lipinski definition) is 1. The van der Waals surface area contributed by atoms with Crippen molar-refractivity contribution in [1.29, 1.82) is 0 Å². The highest BCUT2D eigenvalue weighted by atomic mass is 16.1. The van der Waals surface area contributed by atoms with E-state index < -0.39 is 0 Å². The van der Waals surface area contributed by atoms with Crippen LogP contribution in [0, 0.1) is 5.92 Å². The Morgan fingerprint density at radius 1 is 1.35 bits per heavy atom. The molecule has 0 radical (unpaired) electrons. The summed E-state index contributed by atoms with van der Waals surface area (Å²) in [4.78, 5) is 15.7. The molecule has 4 heteroatoms. The zero-order valence-electron chi connectivity index (χ0n) is 10.9. The normalized spacial score (nSPS) is 10.8. The van der Waals surface area contributed by atoms with Gasteiger partial charge in [0.1, 0.15) is 0 Å². The van der Waals surface area contributed by atoms with Crippen molar-refractivity contribution >= 4 is 5.91 Å². The molecule has 0 bridgehead atoms. The van der Waals surface area contributed by atoms with E-state index in [4.69, 9.17) is 0 Å². The Morgan fingerprint density at radius 2 is 2.12 bits per heavy atom. The number of carbonyl (C=O) groups is 1. The Hall–Kier alpha value is -1.32. The zero-order chi connectivity index (χ0) is 12.5. The molecule has 0 aromatic carbocycles. The van der Waals surface area contributed by atoms with E-state index in [0.717, 1.165) is 38.8 Å². The lowest BCUT2D eigenvalue weighted by Gasteiger charge is -2.12. The molecular weight excluding hydrogens is 214 g/mol. The molecule has 1 aromatic rings. The minimum atomic E-state index is 0.184. The van der Waals surface area contributed by atoms with Crippen molar-refractivity contribution in [3.05, 3.63) is 18.7 Å². The Bertz CT molecular complexity index is 304. The van der Waals surface area contributed by atoms with E-state index in [9.17, 15) is 4.79 Å². The maximum absolute atomic E-state index is 11.7. The van der Waals surface area contributed by atoms with Crippen molar-refractivity contribution in [1.82, 2.24) is 14.9 Å². The maximum Gasteiger partial charge on any atom is 0.223 e. The largest absolute Gasteiger partial charge is 0.356 e. The number of imidazole rings is 1. The summed E-state index contributed by atoms with van der Waals surface area (Å²) in [5.41, 5.74) is 0. The maximum atomic E-state index is 11.7. The predicted octanol–water partition coefficient (Wildman–Crippen LogP) is 2.22. The van der Waals surface area contributed by atoms with Gasteiger partial charge in [0.25, 0.3) is 0 Å². The summed E-state index contributed by atoms with van der Waals surface area (Å²) in [6.45, 7) is 5.88. The fourth-order valence-electron chi connectivity index (χ4n) is 1.85. The molecule has 0 atom stereocenters. The average molecular weight is 237 g/mol. The molecule has 17 heavy (non-hydrogen) atoms. The number of nitrogens with one attached hydrogen (secondary N) is 1. The van der Waals surface area contributed by atoms with Crippen molar-refractivity contribution in [2.45, 2.75) is 46.1 Å². The summed E-state index contributed by atoms with van der Waals surface area (Å²) in [5, 5.41) is 3.00. The first kappa shape index (κ1) is 13.7. The van der Waals surface area contributed by atoms with Crippen LogP contribution < -0.4 is 5.32 Å². The number of unbranched alkanes of at least 4 members (excludes halogenated alkanes) is 1. The Balaban J connectivity index is 2.05. The lowest BCUT2D eigenvalue weighted by molar-refractivity contribution is -0.125. The summed E-state index contributed by atoms with van der Waals surface area (Å²) in [6.07, 6.45) is 9.51. The Labute approximate surface area is 103 Å². The number of rotatable bonds is 8. The van der Waals surface area contributed by atoms with Crippen molar-refractivity contribution in [3.63, 3.8) is 0 Å². The van der Waals surface area contributed by atoms with Gasteiger partial charge in [-0.25, -0.2) is 4.98 Å². The monoisotopic (exact) mass is 237 g/mol. The Kier molecular flexibility index (Phi) is 6.37. The van der Waals surface area contributed by atoms with Crippen molar-refractivity contribution in [3.8, 4) is 0 Å². The summed E-state index contributed by atoms with van der Waals surface area (Å²) in [6, 6.07) is 0.